The van der Waals surface area contributed by atoms with Crippen LogP contribution in [0.5, 0.6) is 0 Å². The number of nitrogens with zero attached hydrogens (tertiary/aromatic N) is 1. The number of hydrogen-bond acceptors (Lipinski definition) is 5. The van der Waals surface area contributed by atoms with Gasteiger partial charge in [0.2, 0.25) is 0 Å². The summed E-state index contributed by atoms with van der Waals surface area (Å²) in [6, 6.07) is 3.62. The first-order valence-electron chi connectivity index (χ1n) is 3.79. The first kappa shape index (κ1) is 8.43. The number of furan rings is 1. The third-order valence-corrected chi connectivity index (χ3v) is 2.57. The van der Waals surface area contributed by atoms with Gasteiger partial charge >= 0.3 is 0 Å². The Morgan fingerprint density at radius 2 is 2.54 bits per heavy atom. The fourth-order valence-corrected chi connectivity index (χ4v) is 1.81. The fourth-order valence-electron chi connectivity index (χ4n) is 1.13. The first-order chi connectivity index (χ1) is 6.42. The summed E-state index contributed by atoms with van der Waals surface area (Å²) >= 11 is 1.54. The minimum atomic E-state index is -0.0949. The largest absolute Gasteiger partial charge is 0.467 e. The molecule has 0 radical (unpaired) electrons. The van der Waals surface area contributed by atoms with Crippen molar-refractivity contribution in [2.75, 3.05) is 0 Å². The SMILES string of the molecule is NNC(c1ccco1)c1cncs1. The molecule has 0 aliphatic rings. The molecule has 0 aliphatic carbocycles. The van der Waals surface area contributed by atoms with Crippen molar-refractivity contribution in [1.29, 1.82) is 0 Å². The molecule has 2 heterocycles. The second kappa shape index (κ2) is 3.69. The molecule has 0 saturated carbocycles. The highest BCUT2D eigenvalue weighted by molar-refractivity contribution is 7.09. The van der Waals surface area contributed by atoms with Crippen LogP contribution in [-0.4, -0.2) is 4.98 Å². The Morgan fingerprint density at radius 3 is 3.08 bits per heavy atom. The number of nitrogens with one attached hydrogen (secondary N) is 1. The molecule has 4 nitrogen and oxygen atoms in total. The molecular formula is C8H9N3OS. The molecule has 1 unspecified atom stereocenters. The van der Waals surface area contributed by atoms with E-state index in [0.717, 1.165) is 10.6 Å². The van der Waals surface area contributed by atoms with Gasteiger partial charge in [-0.3, -0.25) is 10.8 Å². The average Bonchev–Trinajstić information content (AvgIpc) is 2.76. The summed E-state index contributed by atoms with van der Waals surface area (Å²) in [5.74, 6) is 6.22. The summed E-state index contributed by atoms with van der Waals surface area (Å²) in [6.07, 6.45) is 3.40. The molecule has 5 heteroatoms. The summed E-state index contributed by atoms with van der Waals surface area (Å²) in [6.45, 7) is 0. The summed E-state index contributed by atoms with van der Waals surface area (Å²) in [5, 5.41) is 0. The van der Waals surface area contributed by atoms with Gasteiger partial charge in [0.15, 0.2) is 0 Å². The van der Waals surface area contributed by atoms with Crippen molar-refractivity contribution in [2.45, 2.75) is 6.04 Å². The molecule has 2 aromatic rings. The quantitative estimate of drug-likeness (QED) is 0.572. The highest BCUT2D eigenvalue weighted by Gasteiger charge is 2.15. The lowest BCUT2D eigenvalue weighted by Crippen LogP contribution is -2.27. The van der Waals surface area contributed by atoms with Gasteiger partial charge in [0.25, 0.3) is 0 Å². The molecule has 68 valence electrons. The van der Waals surface area contributed by atoms with Gasteiger partial charge in [-0.15, -0.1) is 11.3 Å². The second-order valence-electron chi connectivity index (χ2n) is 2.52. The standard InChI is InChI=1S/C8H9N3OS/c9-11-8(6-2-1-3-12-6)7-4-10-5-13-7/h1-5,8,11H,9H2. The second-order valence-corrected chi connectivity index (χ2v) is 3.44. The third-order valence-electron chi connectivity index (χ3n) is 1.73. The normalized spacial score (nSPS) is 13.0. The maximum Gasteiger partial charge on any atom is 0.127 e. The summed E-state index contributed by atoms with van der Waals surface area (Å²) in [4.78, 5) is 5.02. The van der Waals surface area contributed by atoms with Crippen LogP contribution >= 0.6 is 11.3 Å². The summed E-state index contributed by atoms with van der Waals surface area (Å²) in [7, 11) is 0. The van der Waals surface area contributed by atoms with E-state index in [1.54, 1.807) is 29.3 Å². The molecule has 2 aromatic heterocycles. The van der Waals surface area contributed by atoms with Crippen LogP contribution in [0.3, 0.4) is 0 Å². The van der Waals surface area contributed by atoms with E-state index in [2.05, 4.69) is 10.4 Å². The minimum absolute atomic E-state index is 0.0949. The molecule has 2 rings (SSSR count). The van der Waals surface area contributed by atoms with Gasteiger partial charge in [-0.2, -0.15) is 0 Å². The lowest BCUT2D eigenvalue weighted by Gasteiger charge is -2.09. The zero-order valence-electron chi connectivity index (χ0n) is 6.81. The van der Waals surface area contributed by atoms with Gasteiger partial charge in [0, 0.05) is 6.20 Å². The van der Waals surface area contributed by atoms with Gasteiger partial charge in [-0.1, -0.05) is 0 Å². The molecule has 0 spiro atoms. The molecular weight excluding hydrogens is 186 g/mol. The molecule has 0 fully saturated rings. The van der Waals surface area contributed by atoms with Crippen molar-refractivity contribution in [3.63, 3.8) is 0 Å². The van der Waals surface area contributed by atoms with Crippen molar-refractivity contribution < 1.29 is 4.42 Å². The van der Waals surface area contributed by atoms with E-state index in [-0.39, 0.29) is 6.04 Å². The Labute approximate surface area is 79.4 Å². The Morgan fingerprint density at radius 1 is 1.62 bits per heavy atom. The summed E-state index contributed by atoms with van der Waals surface area (Å²) < 4.78 is 5.25. The van der Waals surface area contributed by atoms with Gasteiger partial charge in [0.05, 0.1) is 16.7 Å². The Kier molecular flexibility index (Phi) is 2.40. The summed E-state index contributed by atoms with van der Waals surface area (Å²) in [5.41, 5.74) is 4.45. The zero-order chi connectivity index (χ0) is 9.10. The molecule has 1 atom stereocenters. The highest BCUT2D eigenvalue weighted by atomic mass is 32.1. The van der Waals surface area contributed by atoms with Crippen LogP contribution in [0.2, 0.25) is 0 Å². The van der Waals surface area contributed by atoms with E-state index < -0.39 is 0 Å². The van der Waals surface area contributed by atoms with Crippen molar-refractivity contribution in [2.24, 2.45) is 5.84 Å². The van der Waals surface area contributed by atoms with E-state index >= 15 is 0 Å². The van der Waals surface area contributed by atoms with Gasteiger partial charge in [0.1, 0.15) is 11.8 Å². The first-order valence-corrected chi connectivity index (χ1v) is 4.67. The molecule has 0 aliphatic heterocycles. The number of hydrazine groups is 1. The smallest absolute Gasteiger partial charge is 0.127 e. The average molecular weight is 195 g/mol. The topological polar surface area (TPSA) is 64.1 Å². The molecule has 0 amide bonds. The predicted octanol–water partition coefficient (Wildman–Crippen LogP) is 1.29. The van der Waals surface area contributed by atoms with E-state index in [0.29, 0.717) is 0 Å². The number of thiazole rings is 1. The number of hydrogen-bond donors (Lipinski definition) is 2. The predicted molar refractivity (Wildman–Crippen MR) is 50.0 cm³/mol. The Balaban J connectivity index is 2.29. The number of aromatic nitrogens is 1. The Bertz CT molecular complexity index is 309. The van der Waals surface area contributed by atoms with E-state index in [1.165, 1.54) is 0 Å². The van der Waals surface area contributed by atoms with Crippen LogP contribution in [-0.2, 0) is 0 Å². The van der Waals surface area contributed by atoms with E-state index in [9.17, 15) is 0 Å². The molecule has 3 N–H and O–H groups in total. The fraction of sp³-hybridized carbons (Fsp3) is 0.125. The maximum atomic E-state index is 5.42. The Hall–Kier alpha value is -1.17. The number of rotatable bonds is 3. The minimum Gasteiger partial charge on any atom is -0.467 e. The van der Waals surface area contributed by atoms with Crippen LogP contribution in [0.1, 0.15) is 16.7 Å². The van der Waals surface area contributed by atoms with Crippen LogP contribution in [0.4, 0.5) is 0 Å². The van der Waals surface area contributed by atoms with Crippen molar-refractivity contribution in [3.8, 4) is 0 Å². The molecule has 0 saturated heterocycles. The van der Waals surface area contributed by atoms with E-state index in [1.807, 2.05) is 12.1 Å². The van der Waals surface area contributed by atoms with Crippen molar-refractivity contribution in [1.82, 2.24) is 10.4 Å². The van der Waals surface area contributed by atoms with Gasteiger partial charge in [-0.25, -0.2) is 5.43 Å². The van der Waals surface area contributed by atoms with Gasteiger partial charge in [-0.05, 0) is 12.1 Å². The van der Waals surface area contributed by atoms with Crippen molar-refractivity contribution in [3.05, 3.63) is 40.7 Å². The van der Waals surface area contributed by atoms with Crippen LogP contribution < -0.4 is 11.3 Å². The molecule has 13 heavy (non-hydrogen) atoms. The van der Waals surface area contributed by atoms with Gasteiger partial charge < -0.3 is 4.42 Å². The lowest BCUT2D eigenvalue weighted by molar-refractivity contribution is 0.455. The monoisotopic (exact) mass is 195 g/mol. The lowest BCUT2D eigenvalue weighted by atomic mass is 10.2. The zero-order valence-corrected chi connectivity index (χ0v) is 7.62. The van der Waals surface area contributed by atoms with Crippen LogP contribution in [0.15, 0.2) is 34.5 Å². The van der Waals surface area contributed by atoms with Crippen LogP contribution in [0.25, 0.3) is 0 Å². The number of nitrogens with two attached hydrogens (primary N) is 1. The highest BCUT2D eigenvalue weighted by Crippen LogP contribution is 2.23. The molecule has 0 bridgehead atoms. The van der Waals surface area contributed by atoms with Crippen molar-refractivity contribution >= 4 is 11.3 Å². The maximum absolute atomic E-state index is 5.42. The third kappa shape index (κ3) is 1.62. The van der Waals surface area contributed by atoms with E-state index in [4.69, 9.17) is 10.3 Å². The molecule has 0 aromatic carbocycles. The van der Waals surface area contributed by atoms with Crippen LogP contribution in [0, 0.1) is 0 Å².